The number of hydrogen-bond acceptors (Lipinski definition) is 2. The molecule has 0 unspecified atom stereocenters. The van der Waals surface area contributed by atoms with Crippen LogP contribution in [0.3, 0.4) is 0 Å². The molecule has 0 aromatic heterocycles. The van der Waals surface area contributed by atoms with E-state index in [1.54, 1.807) is 0 Å². The molecular formula is C8H10BrNO. The van der Waals surface area contributed by atoms with Gasteiger partial charge in [-0.25, -0.2) is 0 Å². The van der Waals surface area contributed by atoms with Crippen LogP contribution < -0.4 is 5.73 Å². The van der Waals surface area contributed by atoms with Crippen molar-refractivity contribution in [3.8, 4) is 0 Å². The minimum Gasteiger partial charge on any atom is -0.398 e. The summed E-state index contributed by atoms with van der Waals surface area (Å²) in [6.07, 6.45) is 0. The number of aliphatic hydroxyl groups is 1. The van der Waals surface area contributed by atoms with Crippen molar-refractivity contribution >= 4 is 21.6 Å². The molecule has 1 aromatic rings. The summed E-state index contributed by atoms with van der Waals surface area (Å²) in [5.74, 6) is 0. The maximum Gasteiger partial charge on any atom is 0.0713 e. The van der Waals surface area contributed by atoms with Gasteiger partial charge in [0, 0.05) is 15.7 Å². The molecular weight excluding hydrogens is 206 g/mol. The molecule has 0 aliphatic carbocycles. The Morgan fingerprint density at radius 1 is 1.55 bits per heavy atom. The molecule has 0 saturated carbocycles. The van der Waals surface area contributed by atoms with Gasteiger partial charge in [0.05, 0.1) is 6.61 Å². The van der Waals surface area contributed by atoms with Crippen molar-refractivity contribution in [1.82, 2.24) is 0 Å². The lowest BCUT2D eigenvalue weighted by molar-refractivity contribution is 0.281. The first-order valence-electron chi connectivity index (χ1n) is 3.31. The predicted molar refractivity (Wildman–Crippen MR) is 49.2 cm³/mol. The highest BCUT2D eigenvalue weighted by atomic mass is 79.9. The zero-order valence-electron chi connectivity index (χ0n) is 6.26. The number of benzene rings is 1. The van der Waals surface area contributed by atoms with Crippen molar-refractivity contribution in [2.45, 2.75) is 13.5 Å². The summed E-state index contributed by atoms with van der Waals surface area (Å²) >= 11 is 3.30. The summed E-state index contributed by atoms with van der Waals surface area (Å²) in [5, 5.41) is 8.91. The molecule has 11 heavy (non-hydrogen) atoms. The van der Waals surface area contributed by atoms with Gasteiger partial charge in [-0.2, -0.15) is 0 Å². The van der Waals surface area contributed by atoms with Gasteiger partial charge in [0.25, 0.3) is 0 Å². The minimum atomic E-state index is -0.0197. The van der Waals surface area contributed by atoms with Crippen molar-refractivity contribution in [2.75, 3.05) is 5.73 Å². The Labute approximate surface area is 74.2 Å². The number of nitrogen functional groups attached to an aromatic ring is 1. The lowest BCUT2D eigenvalue weighted by Gasteiger charge is -2.07. The second kappa shape index (κ2) is 3.24. The minimum absolute atomic E-state index is 0.0197. The van der Waals surface area contributed by atoms with E-state index in [2.05, 4.69) is 15.9 Å². The lowest BCUT2D eigenvalue weighted by atomic mass is 10.1. The van der Waals surface area contributed by atoms with Crippen LogP contribution in [0, 0.1) is 6.92 Å². The second-order valence-corrected chi connectivity index (χ2v) is 3.27. The monoisotopic (exact) mass is 215 g/mol. The summed E-state index contributed by atoms with van der Waals surface area (Å²) in [6.45, 7) is 1.90. The van der Waals surface area contributed by atoms with Crippen LogP contribution in [0.15, 0.2) is 16.6 Å². The van der Waals surface area contributed by atoms with Gasteiger partial charge in [0.2, 0.25) is 0 Å². The first-order chi connectivity index (χ1) is 5.16. The van der Waals surface area contributed by atoms with Gasteiger partial charge in [-0.05, 0) is 18.6 Å². The largest absolute Gasteiger partial charge is 0.398 e. The molecule has 0 spiro atoms. The van der Waals surface area contributed by atoms with Crippen LogP contribution >= 0.6 is 15.9 Å². The third kappa shape index (κ3) is 1.54. The Bertz CT molecular complexity index is 273. The molecule has 0 radical (unpaired) electrons. The topological polar surface area (TPSA) is 46.2 Å². The molecule has 3 N–H and O–H groups in total. The van der Waals surface area contributed by atoms with Crippen LogP contribution in [0.5, 0.6) is 0 Å². The van der Waals surface area contributed by atoms with E-state index in [9.17, 15) is 0 Å². The molecule has 0 amide bonds. The van der Waals surface area contributed by atoms with E-state index in [0.29, 0.717) is 5.69 Å². The maximum atomic E-state index is 8.91. The Morgan fingerprint density at radius 3 is 2.64 bits per heavy atom. The summed E-state index contributed by atoms with van der Waals surface area (Å²) in [4.78, 5) is 0. The smallest absolute Gasteiger partial charge is 0.0713 e. The number of aryl methyl sites for hydroxylation is 1. The van der Waals surface area contributed by atoms with Gasteiger partial charge in [-0.15, -0.1) is 0 Å². The van der Waals surface area contributed by atoms with Gasteiger partial charge >= 0.3 is 0 Å². The fourth-order valence-corrected chi connectivity index (χ4v) is 1.39. The van der Waals surface area contributed by atoms with Crippen molar-refractivity contribution in [1.29, 1.82) is 0 Å². The Balaban J connectivity index is 3.29. The van der Waals surface area contributed by atoms with E-state index >= 15 is 0 Å². The number of anilines is 1. The summed E-state index contributed by atoms with van der Waals surface area (Å²) in [7, 11) is 0. The zero-order chi connectivity index (χ0) is 8.43. The van der Waals surface area contributed by atoms with Gasteiger partial charge in [0.1, 0.15) is 0 Å². The van der Waals surface area contributed by atoms with Crippen molar-refractivity contribution in [3.05, 3.63) is 27.7 Å². The first-order valence-corrected chi connectivity index (χ1v) is 4.10. The molecule has 0 saturated heterocycles. The molecule has 0 heterocycles. The second-order valence-electron chi connectivity index (χ2n) is 2.41. The van der Waals surface area contributed by atoms with E-state index in [1.807, 2.05) is 19.1 Å². The van der Waals surface area contributed by atoms with Gasteiger partial charge in [-0.3, -0.25) is 0 Å². The number of hydrogen-bond donors (Lipinski definition) is 2. The molecule has 1 rings (SSSR count). The molecule has 0 fully saturated rings. The zero-order valence-corrected chi connectivity index (χ0v) is 7.85. The molecule has 3 heteroatoms. The standard InChI is InChI=1S/C8H10BrNO/c1-5-2-3-7(9)6(4-11)8(5)10/h2-3,11H,4,10H2,1H3. The van der Waals surface area contributed by atoms with Crippen molar-refractivity contribution in [2.24, 2.45) is 0 Å². The van der Waals surface area contributed by atoms with E-state index in [4.69, 9.17) is 10.8 Å². The van der Waals surface area contributed by atoms with Crippen LogP contribution in [0.2, 0.25) is 0 Å². The third-order valence-corrected chi connectivity index (χ3v) is 2.42. The Kier molecular flexibility index (Phi) is 2.52. The number of rotatable bonds is 1. The molecule has 0 bridgehead atoms. The van der Waals surface area contributed by atoms with Gasteiger partial charge < -0.3 is 10.8 Å². The first kappa shape index (κ1) is 8.56. The van der Waals surface area contributed by atoms with Crippen molar-refractivity contribution in [3.63, 3.8) is 0 Å². The number of aliphatic hydroxyl groups excluding tert-OH is 1. The summed E-state index contributed by atoms with van der Waals surface area (Å²) in [6, 6.07) is 3.80. The van der Waals surface area contributed by atoms with E-state index in [1.165, 1.54) is 0 Å². The molecule has 2 nitrogen and oxygen atoms in total. The fraction of sp³-hybridized carbons (Fsp3) is 0.250. The molecule has 60 valence electrons. The summed E-state index contributed by atoms with van der Waals surface area (Å²) in [5.41, 5.74) is 8.14. The van der Waals surface area contributed by atoms with Crippen LogP contribution in [0.1, 0.15) is 11.1 Å². The highest BCUT2D eigenvalue weighted by Crippen LogP contribution is 2.25. The predicted octanol–water partition coefficient (Wildman–Crippen LogP) is 1.83. The van der Waals surface area contributed by atoms with E-state index < -0.39 is 0 Å². The Morgan fingerprint density at radius 2 is 2.18 bits per heavy atom. The molecule has 0 atom stereocenters. The summed E-state index contributed by atoms with van der Waals surface area (Å²) < 4.78 is 0.864. The average molecular weight is 216 g/mol. The van der Waals surface area contributed by atoms with E-state index in [-0.39, 0.29) is 6.61 Å². The number of halogens is 1. The molecule has 0 aliphatic rings. The average Bonchev–Trinajstić information content (AvgIpc) is 1.99. The SMILES string of the molecule is Cc1ccc(Br)c(CO)c1N. The van der Waals surface area contributed by atoms with E-state index in [0.717, 1.165) is 15.6 Å². The number of nitrogens with two attached hydrogens (primary N) is 1. The highest BCUT2D eigenvalue weighted by molar-refractivity contribution is 9.10. The quantitative estimate of drug-likeness (QED) is 0.703. The van der Waals surface area contributed by atoms with Crippen molar-refractivity contribution < 1.29 is 5.11 Å². The maximum absolute atomic E-state index is 8.91. The van der Waals surface area contributed by atoms with Crippen LogP contribution in [-0.2, 0) is 6.61 Å². The highest BCUT2D eigenvalue weighted by Gasteiger charge is 2.04. The lowest BCUT2D eigenvalue weighted by Crippen LogP contribution is -1.97. The van der Waals surface area contributed by atoms with Crippen LogP contribution in [0.4, 0.5) is 5.69 Å². The van der Waals surface area contributed by atoms with Gasteiger partial charge in [0.15, 0.2) is 0 Å². The third-order valence-electron chi connectivity index (χ3n) is 1.68. The van der Waals surface area contributed by atoms with Crippen LogP contribution in [-0.4, -0.2) is 5.11 Å². The van der Waals surface area contributed by atoms with Gasteiger partial charge in [-0.1, -0.05) is 22.0 Å². The Hall–Kier alpha value is -0.540. The molecule has 0 aliphatic heterocycles. The molecule has 1 aromatic carbocycles. The normalized spacial score (nSPS) is 10.1. The fourth-order valence-electron chi connectivity index (χ4n) is 0.916. The van der Waals surface area contributed by atoms with Crippen LogP contribution in [0.25, 0.3) is 0 Å².